The van der Waals surface area contributed by atoms with E-state index in [0.29, 0.717) is 38.5 Å². The third-order valence-corrected chi connectivity index (χ3v) is 9.17. The molecule has 1 aromatic heterocycles. The molecule has 0 spiro atoms. The van der Waals surface area contributed by atoms with Gasteiger partial charge in [-0.25, -0.2) is 4.79 Å². The zero-order valence-electron chi connectivity index (χ0n) is 37.0. The summed E-state index contributed by atoms with van der Waals surface area (Å²) in [5.74, 6) is -0.264. The van der Waals surface area contributed by atoms with Gasteiger partial charge >= 0.3 is 11.7 Å². The number of nitrogens with zero attached hydrogens (tertiary/aromatic N) is 2. The lowest BCUT2D eigenvalue weighted by atomic mass is 10.2. The number of amides is 1. The average molecular weight is 832 g/mol. The minimum atomic E-state index is -0.506. The average Bonchev–Trinajstić information content (AvgIpc) is 3.73. The maximum absolute atomic E-state index is 12.8. The summed E-state index contributed by atoms with van der Waals surface area (Å²) >= 11 is 0. The Morgan fingerprint density at radius 1 is 0.607 bits per heavy atom. The first-order chi connectivity index (χ1) is 30.0. The van der Waals surface area contributed by atoms with Crippen LogP contribution in [0.25, 0.3) is 0 Å². The molecule has 0 bridgehead atoms. The van der Waals surface area contributed by atoms with Crippen LogP contribution in [0.4, 0.5) is 5.82 Å². The van der Waals surface area contributed by atoms with Gasteiger partial charge in [0.25, 0.3) is 0 Å². The van der Waals surface area contributed by atoms with Crippen LogP contribution in [0.3, 0.4) is 0 Å². The molecule has 2 heterocycles. The summed E-state index contributed by atoms with van der Waals surface area (Å²) in [6.45, 7) is 4.44. The second-order valence-corrected chi connectivity index (χ2v) is 14.4. The molecule has 1 fully saturated rings. The van der Waals surface area contributed by atoms with E-state index in [-0.39, 0.29) is 30.4 Å². The van der Waals surface area contributed by atoms with E-state index < -0.39 is 11.9 Å². The molecule has 0 aliphatic carbocycles. The highest BCUT2D eigenvalue weighted by atomic mass is 16.6. The lowest BCUT2D eigenvalue weighted by Crippen LogP contribution is -2.28. The van der Waals surface area contributed by atoms with Crippen LogP contribution in [0.2, 0.25) is 0 Å². The second kappa shape index (κ2) is 37.6. The zero-order chi connectivity index (χ0) is 43.7. The number of esters is 1. The van der Waals surface area contributed by atoms with Gasteiger partial charge in [0.05, 0.1) is 6.10 Å². The van der Waals surface area contributed by atoms with Gasteiger partial charge in [0, 0.05) is 19.0 Å². The summed E-state index contributed by atoms with van der Waals surface area (Å²) in [6.07, 6.45) is 67.0. The maximum atomic E-state index is 12.8. The first-order valence-corrected chi connectivity index (χ1v) is 22.5. The molecular formula is C53H73N3O5. The Kier molecular flexibility index (Phi) is 32.0. The molecule has 1 N–H and O–H groups in total. The number of allylic oxidation sites excluding steroid dienone is 24. The molecule has 2 atom stereocenters. The number of carbonyl (C=O) groups excluding carboxylic acids is 2. The Bertz CT molecular complexity index is 1760. The molecule has 0 saturated carbocycles. The van der Waals surface area contributed by atoms with E-state index in [1.807, 2.05) is 18.2 Å². The maximum Gasteiger partial charge on any atom is 0.351 e. The van der Waals surface area contributed by atoms with Crippen molar-refractivity contribution in [2.75, 3.05) is 11.9 Å². The van der Waals surface area contributed by atoms with E-state index in [1.54, 1.807) is 12.3 Å². The topological polar surface area (TPSA) is 99.5 Å². The smallest absolute Gasteiger partial charge is 0.351 e. The highest BCUT2D eigenvalue weighted by molar-refractivity contribution is 5.89. The molecule has 1 saturated heterocycles. The molecule has 0 aromatic carbocycles. The summed E-state index contributed by atoms with van der Waals surface area (Å²) in [4.78, 5) is 41.5. The monoisotopic (exact) mass is 832 g/mol. The fraction of sp³-hybridized carbons (Fsp3) is 0.434. The normalized spacial score (nSPS) is 16.7. The van der Waals surface area contributed by atoms with E-state index in [1.165, 1.54) is 4.57 Å². The van der Waals surface area contributed by atoms with Crippen molar-refractivity contribution < 1.29 is 19.1 Å². The molecule has 0 radical (unpaired) electrons. The van der Waals surface area contributed by atoms with Crippen molar-refractivity contribution >= 4 is 17.7 Å². The van der Waals surface area contributed by atoms with Crippen molar-refractivity contribution in [2.45, 2.75) is 142 Å². The third kappa shape index (κ3) is 29.5. The van der Waals surface area contributed by atoms with E-state index in [2.05, 4.69) is 152 Å². The van der Waals surface area contributed by atoms with Crippen molar-refractivity contribution in [3.05, 3.63) is 169 Å². The van der Waals surface area contributed by atoms with Crippen LogP contribution in [0, 0.1) is 0 Å². The first kappa shape index (κ1) is 51.8. The molecule has 61 heavy (non-hydrogen) atoms. The summed E-state index contributed by atoms with van der Waals surface area (Å²) in [5, 5.41) is 2.71. The number of aromatic nitrogens is 2. The zero-order valence-corrected chi connectivity index (χ0v) is 37.0. The van der Waals surface area contributed by atoms with Crippen LogP contribution in [0.5, 0.6) is 0 Å². The number of carbonyl (C=O) groups is 2. The Morgan fingerprint density at radius 3 is 1.41 bits per heavy atom. The fourth-order valence-electron chi connectivity index (χ4n) is 5.87. The minimum Gasteiger partial charge on any atom is -0.463 e. The van der Waals surface area contributed by atoms with Gasteiger partial charge in [-0.2, -0.15) is 4.98 Å². The largest absolute Gasteiger partial charge is 0.463 e. The van der Waals surface area contributed by atoms with E-state index >= 15 is 0 Å². The number of anilines is 1. The van der Waals surface area contributed by atoms with Gasteiger partial charge in [-0.1, -0.05) is 160 Å². The highest BCUT2D eigenvalue weighted by Gasteiger charge is 2.28. The quantitative estimate of drug-likeness (QED) is 0.0573. The van der Waals surface area contributed by atoms with Crippen molar-refractivity contribution in [3.63, 3.8) is 0 Å². The Labute approximate surface area is 367 Å². The molecule has 1 aliphatic heterocycles. The van der Waals surface area contributed by atoms with Gasteiger partial charge < -0.3 is 14.8 Å². The molecule has 8 heteroatoms. The highest BCUT2D eigenvalue weighted by Crippen LogP contribution is 2.27. The van der Waals surface area contributed by atoms with Gasteiger partial charge in [-0.15, -0.1) is 0 Å². The van der Waals surface area contributed by atoms with Crippen LogP contribution in [0.1, 0.15) is 136 Å². The summed E-state index contributed by atoms with van der Waals surface area (Å²) < 4.78 is 12.9. The van der Waals surface area contributed by atoms with E-state index in [0.717, 1.165) is 77.0 Å². The molecular weight excluding hydrogens is 759 g/mol. The molecule has 330 valence electrons. The van der Waals surface area contributed by atoms with Gasteiger partial charge in [0.1, 0.15) is 18.7 Å². The minimum absolute atomic E-state index is 0.145. The molecule has 1 aromatic rings. The molecule has 2 rings (SSSR count). The predicted molar refractivity (Wildman–Crippen MR) is 256 cm³/mol. The molecule has 8 nitrogen and oxygen atoms in total. The number of hydrogen-bond donors (Lipinski definition) is 1. The molecule has 1 aliphatic rings. The lowest BCUT2D eigenvalue weighted by molar-refractivity contribution is -0.148. The van der Waals surface area contributed by atoms with Gasteiger partial charge in [0.2, 0.25) is 5.91 Å². The van der Waals surface area contributed by atoms with Gasteiger partial charge in [-0.05, 0) is 109 Å². The van der Waals surface area contributed by atoms with Crippen molar-refractivity contribution in [1.82, 2.24) is 9.55 Å². The summed E-state index contributed by atoms with van der Waals surface area (Å²) in [5.41, 5.74) is -0.506. The second-order valence-electron chi connectivity index (χ2n) is 14.4. The summed E-state index contributed by atoms with van der Waals surface area (Å²) in [6, 6.07) is 1.60. The van der Waals surface area contributed by atoms with Crippen LogP contribution in [0.15, 0.2) is 163 Å². The van der Waals surface area contributed by atoms with Gasteiger partial charge in [0.15, 0.2) is 0 Å². The summed E-state index contributed by atoms with van der Waals surface area (Å²) in [7, 11) is 0. The first-order valence-electron chi connectivity index (χ1n) is 22.5. The number of hydrogen-bond acceptors (Lipinski definition) is 6. The van der Waals surface area contributed by atoms with Crippen LogP contribution < -0.4 is 11.0 Å². The third-order valence-electron chi connectivity index (χ3n) is 9.17. The number of ether oxygens (including phenoxy) is 2. The van der Waals surface area contributed by atoms with Crippen LogP contribution >= 0.6 is 0 Å². The predicted octanol–water partition coefficient (Wildman–Crippen LogP) is 13.4. The Balaban J connectivity index is 1.52. The van der Waals surface area contributed by atoms with E-state index in [4.69, 9.17) is 9.47 Å². The Hall–Kier alpha value is -5.34. The van der Waals surface area contributed by atoms with Crippen LogP contribution in [-0.4, -0.2) is 34.1 Å². The number of rotatable bonds is 32. The fourth-order valence-corrected chi connectivity index (χ4v) is 5.87. The van der Waals surface area contributed by atoms with E-state index in [9.17, 15) is 14.4 Å². The van der Waals surface area contributed by atoms with Crippen LogP contribution in [-0.2, 0) is 19.1 Å². The SMILES string of the molecule is CCC=CCC=CCC=CCC=CCC=CCC=CCCC(=O)Nc1ccn(C2CCC(COC(=O)CCC=CCC=CCC=CCC=CCC=CCC=CCC)O2)c(=O)n1. The Morgan fingerprint density at radius 2 is 1.00 bits per heavy atom. The molecule has 2 unspecified atom stereocenters. The van der Waals surface area contributed by atoms with Crippen molar-refractivity contribution in [3.8, 4) is 0 Å². The standard InChI is InChI=1S/C53H73N3O5/c1-3-5-7-9-11-13-15-17-19-21-23-25-27-29-31-33-35-37-39-41-50(57)54-49-45-46-56(53(59)55-49)51-44-43-48(61-51)47-60-52(58)42-40-38-36-34-32-30-28-26-24-22-20-18-16-14-12-10-8-6-4-2/h5-8,11-14,17-20,23-26,29-32,35-38,45-46,48,51H,3-4,9-10,15-16,21-22,27-28,33-34,39-44,47H2,1-2H3,(H,54,55,57,59). The lowest BCUT2D eigenvalue weighted by Gasteiger charge is -2.16. The van der Waals surface area contributed by atoms with Gasteiger partial charge in [-0.3, -0.25) is 14.2 Å². The van der Waals surface area contributed by atoms with Crippen molar-refractivity contribution in [2.24, 2.45) is 0 Å². The van der Waals surface area contributed by atoms with Crippen molar-refractivity contribution in [1.29, 1.82) is 0 Å². The molecule has 1 amide bonds. The number of nitrogens with one attached hydrogen (secondary N) is 1.